The summed E-state index contributed by atoms with van der Waals surface area (Å²) < 4.78 is 11.6. The fourth-order valence-corrected chi connectivity index (χ4v) is 3.45. The Bertz CT molecular complexity index is 918. The topological polar surface area (TPSA) is 68.5 Å². The van der Waals surface area contributed by atoms with E-state index in [1.807, 2.05) is 43.0 Å². The second-order valence-corrected chi connectivity index (χ2v) is 7.06. The van der Waals surface area contributed by atoms with Gasteiger partial charge in [-0.15, -0.1) is 0 Å². The summed E-state index contributed by atoms with van der Waals surface area (Å²) in [7, 11) is 0. The minimum absolute atomic E-state index is 0.00494. The van der Waals surface area contributed by atoms with Crippen LogP contribution >= 0.6 is 0 Å². The average molecular weight is 365 g/mol. The van der Waals surface area contributed by atoms with Crippen molar-refractivity contribution in [2.24, 2.45) is 0 Å². The van der Waals surface area contributed by atoms with Gasteiger partial charge >= 0.3 is 0 Å². The van der Waals surface area contributed by atoms with Gasteiger partial charge in [0.25, 0.3) is 5.91 Å². The average Bonchev–Trinajstić information content (AvgIpc) is 3.11. The first-order valence-electron chi connectivity index (χ1n) is 9.42. The molecule has 1 saturated heterocycles. The van der Waals surface area contributed by atoms with E-state index in [0.717, 1.165) is 30.4 Å². The van der Waals surface area contributed by atoms with E-state index in [0.29, 0.717) is 24.0 Å². The van der Waals surface area contributed by atoms with Crippen molar-refractivity contribution < 1.29 is 13.9 Å². The first-order valence-corrected chi connectivity index (χ1v) is 9.42. The van der Waals surface area contributed by atoms with Crippen molar-refractivity contribution in [2.75, 3.05) is 6.54 Å². The number of fused-ring (bicyclic) bond motifs is 1. The van der Waals surface area contributed by atoms with Gasteiger partial charge < -0.3 is 14.1 Å². The standard InChI is InChI=1S/C21H23N3O3/c1-14(2)26-19-12-7-9-16(22-19)21(25)24-13-6-5-10-17(24)20-23-15-8-3-4-11-18(15)27-20/h3-4,7-9,11-12,14,17H,5-6,10,13H2,1-2H3. The number of hydrogen-bond acceptors (Lipinski definition) is 5. The van der Waals surface area contributed by atoms with Crippen molar-refractivity contribution in [3.63, 3.8) is 0 Å². The molecule has 0 spiro atoms. The summed E-state index contributed by atoms with van der Waals surface area (Å²) in [4.78, 5) is 24.0. The lowest BCUT2D eigenvalue weighted by Crippen LogP contribution is -2.39. The Morgan fingerprint density at radius 2 is 2.00 bits per heavy atom. The molecule has 1 unspecified atom stereocenters. The van der Waals surface area contributed by atoms with Crippen LogP contribution < -0.4 is 4.74 Å². The molecule has 140 valence electrons. The van der Waals surface area contributed by atoms with Crippen LogP contribution in [0.4, 0.5) is 0 Å². The normalized spacial score (nSPS) is 17.4. The molecule has 6 heteroatoms. The van der Waals surface area contributed by atoms with Crippen LogP contribution in [0.2, 0.25) is 0 Å². The van der Waals surface area contributed by atoms with E-state index in [1.165, 1.54) is 0 Å². The summed E-state index contributed by atoms with van der Waals surface area (Å²) >= 11 is 0. The maximum absolute atomic E-state index is 13.2. The number of likely N-dealkylation sites (tertiary alicyclic amines) is 1. The quantitative estimate of drug-likeness (QED) is 0.686. The minimum atomic E-state index is -0.171. The lowest BCUT2D eigenvalue weighted by molar-refractivity contribution is 0.0566. The number of ether oxygens (including phenoxy) is 1. The van der Waals surface area contributed by atoms with Crippen LogP contribution in [0.1, 0.15) is 55.5 Å². The molecule has 6 nitrogen and oxygen atoms in total. The fraction of sp³-hybridized carbons (Fsp3) is 0.381. The van der Waals surface area contributed by atoms with Crippen LogP contribution in [-0.2, 0) is 0 Å². The number of nitrogens with zero attached hydrogens (tertiary/aromatic N) is 3. The predicted molar refractivity (Wildman–Crippen MR) is 102 cm³/mol. The van der Waals surface area contributed by atoms with Crippen LogP contribution in [0.25, 0.3) is 11.1 Å². The molecule has 1 aliphatic rings. The number of amides is 1. The molecule has 1 amide bonds. The van der Waals surface area contributed by atoms with Gasteiger partial charge in [0.05, 0.1) is 6.10 Å². The highest BCUT2D eigenvalue weighted by molar-refractivity contribution is 5.92. The fourth-order valence-electron chi connectivity index (χ4n) is 3.45. The zero-order valence-electron chi connectivity index (χ0n) is 15.6. The zero-order chi connectivity index (χ0) is 18.8. The van der Waals surface area contributed by atoms with Gasteiger partial charge in [0.2, 0.25) is 11.8 Å². The Labute approximate surface area is 158 Å². The van der Waals surface area contributed by atoms with E-state index in [1.54, 1.807) is 18.2 Å². The third-order valence-electron chi connectivity index (χ3n) is 4.66. The first kappa shape index (κ1) is 17.5. The summed E-state index contributed by atoms with van der Waals surface area (Å²) in [5.41, 5.74) is 1.95. The third kappa shape index (κ3) is 3.65. The van der Waals surface area contributed by atoms with Crippen molar-refractivity contribution in [1.82, 2.24) is 14.9 Å². The number of piperidine rings is 1. The highest BCUT2D eigenvalue weighted by atomic mass is 16.5. The van der Waals surface area contributed by atoms with Crippen LogP contribution in [0.5, 0.6) is 5.88 Å². The van der Waals surface area contributed by atoms with Gasteiger partial charge in [-0.1, -0.05) is 18.2 Å². The van der Waals surface area contributed by atoms with Crippen molar-refractivity contribution in [1.29, 1.82) is 0 Å². The molecule has 4 rings (SSSR count). The molecule has 2 aromatic heterocycles. The minimum Gasteiger partial charge on any atom is -0.475 e. The van der Waals surface area contributed by atoms with Crippen molar-refractivity contribution in [2.45, 2.75) is 45.3 Å². The highest BCUT2D eigenvalue weighted by Crippen LogP contribution is 2.33. The molecule has 0 bridgehead atoms. The molecule has 3 aromatic rings. The van der Waals surface area contributed by atoms with E-state index in [-0.39, 0.29) is 18.1 Å². The summed E-state index contributed by atoms with van der Waals surface area (Å²) in [5, 5.41) is 0. The molecule has 3 heterocycles. The van der Waals surface area contributed by atoms with Crippen LogP contribution in [0, 0.1) is 0 Å². The lowest BCUT2D eigenvalue weighted by Gasteiger charge is -2.33. The van der Waals surface area contributed by atoms with Crippen molar-refractivity contribution in [3.8, 4) is 5.88 Å². The lowest BCUT2D eigenvalue weighted by atomic mass is 10.0. The SMILES string of the molecule is CC(C)Oc1cccc(C(=O)N2CCCCC2c2nc3ccccc3o2)n1. The van der Waals surface area contributed by atoms with Crippen LogP contribution in [0.15, 0.2) is 46.9 Å². The molecule has 0 radical (unpaired) electrons. The summed E-state index contributed by atoms with van der Waals surface area (Å²) in [6.45, 7) is 4.54. The largest absolute Gasteiger partial charge is 0.475 e. The number of carbonyl (C=O) groups is 1. The summed E-state index contributed by atoms with van der Waals surface area (Å²) in [6.07, 6.45) is 2.84. The van der Waals surface area contributed by atoms with Gasteiger partial charge in [0.15, 0.2) is 5.58 Å². The number of benzene rings is 1. The van der Waals surface area contributed by atoms with E-state index >= 15 is 0 Å². The molecule has 0 aliphatic carbocycles. The van der Waals surface area contributed by atoms with Crippen LogP contribution in [-0.4, -0.2) is 33.4 Å². The van der Waals surface area contributed by atoms with Gasteiger partial charge in [0, 0.05) is 12.6 Å². The number of rotatable bonds is 4. The number of oxazole rings is 1. The Morgan fingerprint density at radius 1 is 1.15 bits per heavy atom. The van der Waals surface area contributed by atoms with E-state index in [2.05, 4.69) is 9.97 Å². The van der Waals surface area contributed by atoms with Gasteiger partial charge in [0.1, 0.15) is 17.3 Å². The van der Waals surface area contributed by atoms with E-state index < -0.39 is 0 Å². The number of aromatic nitrogens is 2. The second kappa shape index (κ2) is 7.39. The molecule has 1 aromatic carbocycles. The van der Waals surface area contributed by atoms with Gasteiger partial charge in [-0.3, -0.25) is 4.79 Å². The molecule has 0 N–H and O–H groups in total. The molecular weight excluding hydrogens is 342 g/mol. The molecule has 1 aliphatic heterocycles. The van der Waals surface area contributed by atoms with Crippen LogP contribution in [0.3, 0.4) is 0 Å². The summed E-state index contributed by atoms with van der Waals surface area (Å²) in [6, 6.07) is 12.8. The monoisotopic (exact) mass is 365 g/mol. The first-order chi connectivity index (χ1) is 13.1. The number of pyridine rings is 1. The zero-order valence-corrected chi connectivity index (χ0v) is 15.6. The van der Waals surface area contributed by atoms with Crippen molar-refractivity contribution in [3.05, 3.63) is 54.0 Å². The van der Waals surface area contributed by atoms with Crippen molar-refractivity contribution >= 4 is 17.0 Å². The maximum Gasteiger partial charge on any atom is 0.273 e. The van der Waals surface area contributed by atoms with Gasteiger partial charge in [-0.2, -0.15) is 0 Å². The maximum atomic E-state index is 13.2. The Balaban J connectivity index is 1.63. The Hall–Kier alpha value is -2.89. The molecular formula is C21H23N3O3. The van der Waals surface area contributed by atoms with Gasteiger partial charge in [-0.25, -0.2) is 9.97 Å². The molecule has 0 saturated carbocycles. The summed E-state index contributed by atoms with van der Waals surface area (Å²) in [5.74, 6) is 0.946. The second-order valence-electron chi connectivity index (χ2n) is 7.06. The van der Waals surface area contributed by atoms with E-state index in [4.69, 9.17) is 9.15 Å². The van der Waals surface area contributed by atoms with Gasteiger partial charge in [-0.05, 0) is 51.3 Å². The Morgan fingerprint density at radius 3 is 2.81 bits per heavy atom. The molecule has 27 heavy (non-hydrogen) atoms. The Kier molecular flexibility index (Phi) is 4.79. The van der Waals surface area contributed by atoms with E-state index in [9.17, 15) is 4.79 Å². The third-order valence-corrected chi connectivity index (χ3v) is 4.66. The number of carbonyl (C=O) groups excluding carboxylic acids is 1. The smallest absolute Gasteiger partial charge is 0.273 e. The number of hydrogen-bond donors (Lipinski definition) is 0. The predicted octanol–water partition coefficient (Wildman–Crippen LogP) is 4.38. The number of para-hydroxylation sites is 2. The molecule has 1 atom stereocenters. The molecule has 1 fully saturated rings. The highest BCUT2D eigenvalue weighted by Gasteiger charge is 2.32.